The van der Waals surface area contributed by atoms with Crippen LogP contribution in [0.3, 0.4) is 0 Å². The highest BCUT2D eigenvalue weighted by Crippen LogP contribution is 2.37. The Morgan fingerprint density at radius 1 is 1.00 bits per heavy atom. The number of nitrogens with zero attached hydrogens (tertiary/aromatic N) is 1. The van der Waals surface area contributed by atoms with E-state index in [1.54, 1.807) is 16.7 Å². The molecule has 0 saturated heterocycles. The predicted molar refractivity (Wildman–Crippen MR) is 82.3 cm³/mol. The zero-order valence-corrected chi connectivity index (χ0v) is 11.8. The van der Waals surface area contributed by atoms with Gasteiger partial charge in [0.2, 0.25) is 11.8 Å². The van der Waals surface area contributed by atoms with E-state index in [-0.39, 0.29) is 5.88 Å². The van der Waals surface area contributed by atoms with Gasteiger partial charge >= 0.3 is 5.97 Å². The number of benzene rings is 2. The summed E-state index contributed by atoms with van der Waals surface area (Å²) >= 11 is 0. The van der Waals surface area contributed by atoms with Gasteiger partial charge in [-0.3, -0.25) is 4.57 Å². The van der Waals surface area contributed by atoms with E-state index in [2.05, 4.69) is 0 Å². The average Bonchev–Trinajstić information content (AvgIpc) is 2.79. The van der Waals surface area contributed by atoms with Gasteiger partial charge in [-0.15, -0.1) is 0 Å². The van der Waals surface area contributed by atoms with E-state index in [4.69, 9.17) is 9.84 Å². The third kappa shape index (κ3) is 2.61. The number of hydrogen-bond acceptors (Lipinski definition) is 3. The Balaban J connectivity index is 2.08. The minimum atomic E-state index is -1.06. The van der Waals surface area contributed by atoms with E-state index in [0.717, 1.165) is 5.56 Å². The first-order chi connectivity index (χ1) is 10.7. The molecule has 5 heteroatoms. The summed E-state index contributed by atoms with van der Waals surface area (Å²) in [4.78, 5) is 10.8. The van der Waals surface area contributed by atoms with Crippen LogP contribution in [-0.4, -0.2) is 27.4 Å². The van der Waals surface area contributed by atoms with Gasteiger partial charge in [0.25, 0.3) is 0 Å². The fourth-order valence-electron chi connectivity index (χ4n) is 2.45. The van der Waals surface area contributed by atoms with Crippen LogP contribution in [-0.2, 0) is 11.3 Å². The Morgan fingerprint density at radius 2 is 1.64 bits per heavy atom. The lowest BCUT2D eigenvalue weighted by molar-refractivity contribution is -0.139. The second-order valence-corrected chi connectivity index (χ2v) is 4.93. The van der Waals surface area contributed by atoms with Gasteiger partial charge in [0.1, 0.15) is 0 Å². The van der Waals surface area contributed by atoms with Crippen LogP contribution in [0.15, 0.2) is 54.6 Å². The summed E-state index contributed by atoms with van der Waals surface area (Å²) < 4.78 is 6.99. The Morgan fingerprint density at radius 3 is 2.32 bits per heavy atom. The summed E-state index contributed by atoms with van der Waals surface area (Å²) in [5.74, 6) is -0.629. The van der Waals surface area contributed by atoms with Crippen molar-refractivity contribution in [2.24, 2.45) is 0 Å². The molecule has 0 spiro atoms. The number of carbonyl (C=O) groups is 1. The van der Waals surface area contributed by atoms with Crippen molar-refractivity contribution in [3.63, 3.8) is 0 Å². The van der Waals surface area contributed by atoms with Crippen molar-refractivity contribution in [1.82, 2.24) is 4.57 Å². The molecule has 22 heavy (non-hydrogen) atoms. The Hall–Kier alpha value is -2.95. The molecule has 2 N–H and O–H groups in total. The van der Waals surface area contributed by atoms with Crippen molar-refractivity contribution in [1.29, 1.82) is 0 Å². The largest absolute Gasteiger partial charge is 0.494 e. The van der Waals surface area contributed by atoms with Crippen molar-refractivity contribution in [2.45, 2.75) is 6.54 Å². The molecule has 0 bridgehead atoms. The van der Waals surface area contributed by atoms with E-state index >= 15 is 0 Å². The van der Waals surface area contributed by atoms with Gasteiger partial charge in [-0.2, -0.15) is 0 Å². The Kier molecular flexibility index (Phi) is 3.70. The molecule has 112 valence electrons. The first kappa shape index (κ1) is 14.0. The number of aromatic hydroxyl groups is 1. The van der Waals surface area contributed by atoms with Gasteiger partial charge in [-0.05, 0) is 17.7 Å². The molecule has 2 aromatic carbocycles. The lowest BCUT2D eigenvalue weighted by Gasteiger charge is -2.11. The van der Waals surface area contributed by atoms with Gasteiger partial charge in [0, 0.05) is 10.8 Å². The van der Waals surface area contributed by atoms with Crippen molar-refractivity contribution >= 4 is 16.7 Å². The fourth-order valence-corrected chi connectivity index (χ4v) is 2.45. The zero-order chi connectivity index (χ0) is 15.5. The monoisotopic (exact) mass is 297 g/mol. The second-order valence-electron chi connectivity index (χ2n) is 4.93. The van der Waals surface area contributed by atoms with Crippen LogP contribution in [0.25, 0.3) is 10.8 Å². The number of rotatable bonds is 5. The predicted octanol–water partition coefficient (Wildman–Crippen LogP) is 2.86. The Labute approximate surface area is 127 Å². The van der Waals surface area contributed by atoms with E-state index in [0.29, 0.717) is 23.2 Å². The van der Waals surface area contributed by atoms with Crippen LogP contribution in [0, 0.1) is 0 Å². The fraction of sp³-hybridized carbons (Fsp3) is 0.118. The van der Waals surface area contributed by atoms with E-state index in [9.17, 15) is 9.90 Å². The maximum absolute atomic E-state index is 10.8. The van der Waals surface area contributed by atoms with Crippen molar-refractivity contribution in [3.8, 4) is 11.8 Å². The van der Waals surface area contributed by atoms with E-state index < -0.39 is 12.6 Å². The Bertz CT molecular complexity index is 808. The summed E-state index contributed by atoms with van der Waals surface area (Å²) in [7, 11) is 0. The van der Waals surface area contributed by atoms with Crippen LogP contribution in [0.2, 0.25) is 0 Å². The van der Waals surface area contributed by atoms with Crippen molar-refractivity contribution in [2.75, 3.05) is 6.61 Å². The molecule has 1 aromatic heterocycles. The van der Waals surface area contributed by atoms with Crippen LogP contribution in [0.1, 0.15) is 5.56 Å². The number of aliphatic carboxylic acids is 1. The van der Waals surface area contributed by atoms with Crippen LogP contribution < -0.4 is 4.74 Å². The molecular formula is C17H15NO4. The maximum Gasteiger partial charge on any atom is 0.341 e. The van der Waals surface area contributed by atoms with Gasteiger partial charge in [-0.1, -0.05) is 42.5 Å². The SMILES string of the molecule is O=C(O)COc1c2ccccc2c(O)n1Cc1ccccc1. The molecule has 0 unspecified atom stereocenters. The molecule has 0 atom stereocenters. The van der Waals surface area contributed by atoms with Crippen molar-refractivity contribution < 1.29 is 19.7 Å². The molecule has 3 rings (SSSR count). The molecule has 0 radical (unpaired) electrons. The molecule has 5 nitrogen and oxygen atoms in total. The molecule has 0 amide bonds. The van der Waals surface area contributed by atoms with Crippen LogP contribution in [0.5, 0.6) is 11.8 Å². The third-order valence-corrected chi connectivity index (χ3v) is 3.42. The smallest absolute Gasteiger partial charge is 0.341 e. The summed E-state index contributed by atoms with van der Waals surface area (Å²) in [5.41, 5.74) is 0.985. The zero-order valence-electron chi connectivity index (χ0n) is 11.8. The number of carboxylic acid groups (broad SMARTS) is 1. The van der Waals surface area contributed by atoms with Gasteiger partial charge in [0.15, 0.2) is 6.61 Å². The average molecular weight is 297 g/mol. The normalized spacial score (nSPS) is 10.7. The molecule has 0 saturated carbocycles. The lowest BCUT2D eigenvalue weighted by Crippen LogP contribution is -2.12. The summed E-state index contributed by atoms with van der Waals surface area (Å²) in [6, 6.07) is 16.8. The number of hydrogen-bond donors (Lipinski definition) is 2. The third-order valence-electron chi connectivity index (χ3n) is 3.42. The molecule has 3 aromatic rings. The molecule has 0 aliphatic carbocycles. The molecular weight excluding hydrogens is 282 g/mol. The lowest BCUT2D eigenvalue weighted by atomic mass is 10.2. The van der Waals surface area contributed by atoms with Crippen LogP contribution >= 0.6 is 0 Å². The summed E-state index contributed by atoms with van der Waals surface area (Å²) in [6.45, 7) is -0.0570. The first-order valence-corrected chi connectivity index (χ1v) is 6.85. The van der Waals surface area contributed by atoms with Crippen molar-refractivity contribution in [3.05, 3.63) is 60.2 Å². The van der Waals surface area contributed by atoms with E-state index in [1.807, 2.05) is 42.5 Å². The number of fused-ring (bicyclic) bond motifs is 1. The van der Waals surface area contributed by atoms with Gasteiger partial charge < -0.3 is 14.9 Å². The van der Waals surface area contributed by atoms with Gasteiger partial charge in [0.05, 0.1) is 6.54 Å². The second kappa shape index (κ2) is 5.81. The number of carboxylic acids is 1. The quantitative estimate of drug-likeness (QED) is 0.759. The molecule has 1 heterocycles. The highest BCUT2D eigenvalue weighted by atomic mass is 16.5. The highest BCUT2D eigenvalue weighted by Gasteiger charge is 2.18. The van der Waals surface area contributed by atoms with Crippen LogP contribution in [0.4, 0.5) is 0 Å². The number of aromatic nitrogens is 1. The standard InChI is InChI=1S/C17H15NO4/c19-15(20)11-22-17-14-9-5-4-8-13(14)16(21)18(17)10-12-6-2-1-3-7-12/h1-9,21H,10-11H2,(H,19,20). The highest BCUT2D eigenvalue weighted by molar-refractivity contribution is 5.93. The minimum absolute atomic E-state index is 0.0693. The summed E-state index contributed by atoms with van der Waals surface area (Å²) in [5, 5.41) is 20.6. The first-order valence-electron chi connectivity index (χ1n) is 6.85. The van der Waals surface area contributed by atoms with E-state index in [1.165, 1.54) is 0 Å². The van der Waals surface area contributed by atoms with Gasteiger partial charge in [-0.25, -0.2) is 4.79 Å². The molecule has 0 aliphatic rings. The molecule has 0 aliphatic heterocycles. The maximum atomic E-state index is 10.8. The minimum Gasteiger partial charge on any atom is -0.494 e. The number of ether oxygens (including phenoxy) is 1. The topological polar surface area (TPSA) is 71.7 Å². The summed E-state index contributed by atoms with van der Waals surface area (Å²) in [6.07, 6.45) is 0. The molecule has 0 fully saturated rings.